The monoisotopic (exact) mass is 435 g/mol. The van der Waals surface area contributed by atoms with Gasteiger partial charge < -0.3 is 14.8 Å². The molecule has 0 spiro atoms. The summed E-state index contributed by atoms with van der Waals surface area (Å²) < 4.78 is 9.51. The van der Waals surface area contributed by atoms with Gasteiger partial charge in [-0.25, -0.2) is 9.59 Å². The van der Waals surface area contributed by atoms with Gasteiger partial charge in [0.25, 0.3) is 0 Å². The zero-order valence-corrected chi connectivity index (χ0v) is 17.8. The van der Waals surface area contributed by atoms with E-state index in [1.54, 1.807) is 0 Å². The van der Waals surface area contributed by atoms with E-state index in [9.17, 15) is 14.4 Å². The molecule has 3 rings (SSSR count). The van der Waals surface area contributed by atoms with E-state index in [1.807, 2.05) is 60.7 Å². The summed E-state index contributed by atoms with van der Waals surface area (Å²) in [6.07, 6.45) is 0. The van der Waals surface area contributed by atoms with Gasteiger partial charge >= 0.3 is 11.9 Å². The number of thioether (sulfide) groups is 1. The topological polar surface area (TPSA) is 81.7 Å². The molecule has 6 nitrogen and oxygen atoms in total. The molecular formula is C24H21NO5S. The SMILES string of the molecule is COC(=O)c1cc(NC(=O)C(Sc2ccccc2)c2ccccc2)cc(C(=O)OC)c1. The van der Waals surface area contributed by atoms with Crippen LogP contribution < -0.4 is 5.32 Å². The first-order valence-electron chi connectivity index (χ1n) is 9.41. The predicted molar refractivity (Wildman–Crippen MR) is 119 cm³/mol. The molecule has 3 aromatic carbocycles. The van der Waals surface area contributed by atoms with Gasteiger partial charge in [0.2, 0.25) is 5.91 Å². The third-order valence-electron chi connectivity index (χ3n) is 4.38. The van der Waals surface area contributed by atoms with Gasteiger partial charge in [0, 0.05) is 10.6 Å². The van der Waals surface area contributed by atoms with Gasteiger partial charge in [-0.05, 0) is 35.9 Å². The lowest BCUT2D eigenvalue weighted by molar-refractivity contribution is -0.115. The first-order chi connectivity index (χ1) is 15.0. The third kappa shape index (κ3) is 5.73. The average molecular weight is 436 g/mol. The molecule has 1 N–H and O–H groups in total. The number of esters is 2. The highest BCUT2D eigenvalue weighted by atomic mass is 32.2. The van der Waals surface area contributed by atoms with E-state index >= 15 is 0 Å². The van der Waals surface area contributed by atoms with Gasteiger partial charge in [-0.15, -0.1) is 11.8 Å². The van der Waals surface area contributed by atoms with Crippen LogP contribution in [0.4, 0.5) is 5.69 Å². The smallest absolute Gasteiger partial charge is 0.337 e. The number of carbonyl (C=O) groups is 3. The maximum atomic E-state index is 13.3. The normalized spacial score (nSPS) is 11.3. The highest BCUT2D eigenvalue weighted by Crippen LogP contribution is 2.36. The number of anilines is 1. The lowest BCUT2D eigenvalue weighted by Gasteiger charge is -2.18. The Bertz CT molecular complexity index is 1040. The van der Waals surface area contributed by atoms with Crippen LogP contribution in [-0.4, -0.2) is 32.1 Å². The van der Waals surface area contributed by atoms with Crippen LogP contribution in [0.2, 0.25) is 0 Å². The Labute approximate surface area is 184 Å². The largest absolute Gasteiger partial charge is 0.465 e. The number of amides is 1. The molecular weight excluding hydrogens is 414 g/mol. The molecule has 0 aliphatic carbocycles. The van der Waals surface area contributed by atoms with Crippen molar-refractivity contribution in [1.82, 2.24) is 0 Å². The van der Waals surface area contributed by atoms with Crippen LogP contribution in [0, 0.1) is 0 Å². The molecule has 158 valence electrons. The summed E-state index contributed by atoms with van der Waals surface area (Å²) in [5.74, 6) is -1.54. The number of rotatable bonds is 7. The number of hydrogen-bond acceptors (Lipinski definition) is 6. The van der Waals surface area contributed by atoms with Crippen LogP contribution in [0.5, 0.6) is 0 Å². The van der Waals surface area contributed by atoms with Gasteiger partial charge in [0.1, 0.15) is 5.25 Å². The maximum absolute atomic E-state index is 13.3. The number of nitrogens with one attached hydrogen (secondary N) is 1. The third-order valence-corrected chi connectivity index (χ3v) is 5.65. The van der Waals surface area contributed by atoms with Crippen molar-refractivity contribution < 1.29 is 23.9 Å². The van der Waals surface area contributed by atoms with Crippen molar-refractivity contribution >= 4 is 35.3 Å². The summed E-state index contributed by atoms with van der Waals surface area (Å²) in [5.41, 5.74) is 1.38. The van der Waals surface area contributed by atoms with E-state index in [1.165, 1.54) is 44.2 Å². The first kappa shape index (κ1) is 22.1. The number of methoxy groups -OCH3 is 2. The van der Waals surface area contributed by atoms with Gasteiger partial charge in [-0.2, -0.15) is 0 Å². The first-order valence-corrected chi connectivity index (χ1v) is 10.3. The van der Waals surface area contributed by atoms with Crippen molar-refractivity contribution in [2.75, 3.05) is 19.5 Å². The van der Waals surface area contributed by atoms with Gasteiger partial charge in [-0.1, -0.05) is 48.5 Å². The van der Waals surface area contributed by atoms with Gasteiger partial charge in [0.15, 0.2) is 0 Å². The maximum Gasteiger partial charge on any atom is 0.337 e. The molecule has 0 radical (unpaired) electrons. The molecule has 0 saturated carbocycles. The van der Waals surface area contributed by atoms with Crippen LogP contribution >= 0.6 is 11.8 Å². The Hall–Kier alpha value is -3.58. The number of benzene rings is 3. The average Bonchev–Trinajstić information content (AvgIpc) is 2.82. The van der Waals surface area contributed by atoms with E-state index in [0.717, 1.165) is 10.5 Å². The minimum Gasteiger partial charge on any atom is -0.465 e. The molecule has 0 aromatic heterocycles. The molecule has 31 heavy (non-hydrogen) atoms. The van der Waals surface area contributed by atoms with E-state index in [0.29, 0.717) is 5.69 Å². The second-order valence-corrected chi connectivity index (χ2v) is 7.67. The summed E-state index contributed by atoms with van der Waals surface area (Å²) in [6, 6.07) is 23.3. The molecule has 0 heterocycles. The van der Waals surface area contributed by atoms with E-state index in [-0.39, 0.29) is 17.0 Å². The van der Waals surface area contributed by atoms with E-state index in [4.69, 9.17) is 9.47 Å². The van der Waals surface area contributed by atoms with Crippen molar-refractivity contribution in [2.45, 2.75) is 10.1 Å². The lowest BCUT2D eigenvalue weighted by Crippen LogP contribution is -2.20. The Kier molecular flexibility index (Phi) is 7.45. The van der Waals surface area contributed by atoms with Crippen LogP contribution in [0.25, 0.3) is 0 Å². The van der Waals surface area contributed by atoms with E-state index < -0.39 is 17.2 Å². The van der Waals surface area contributed by atoms with Gasteiger partial charge in [0.05, 0.1) is 25.3 Å². The highest BCUT2D eigenvalue weighted by Gasteiger charge is 2.23. The Morgan fingerprint density at radius 2 is 1.29 bits per heavy atom. The second kappa shape index (κ2) is 10.4. The Morgan fingerprint density at radius 1 is 0.774 bits per heavy atom. The van der Waals surface area contributed by atoms with Crippen LogP contribution in [0.15, 0.2) is 83.8 Å². The Morgan fingerprint density at radius 3 is 1.81 bits per heavy atom. The van der Waals surface area contributed by atoms with Crippen molar-refractivity contribution in [1.29, 1.82) is 0 Å². The van der Waals surface area contributed by atoms with Crippen LogP contribution in [0.1, 0.15) is 31.5 Å². The summed E-state index contributed by atoms with van der Waals surface area (Å²) in [5, 5.41) is 2.28. The second-order valence-electron chi connectivity index (χ2n) is 6.49. The van der Waals surface area contributed by atoms with Crippen LogP contribution in [0.3, 0.4) is 0 Å². The van der Waals surface area contributed by atoms with Crippen molar-refractivity contribution in [3.8, 4) is 0 Å². The van der Waals surface area contributed by atoms with Crippen molar-refractivity contribution in [3.05, 3.63) is 95.6 Å². The minimum atomic E-state index is -0.625. The molecule has 0 bridgehead atoms. The molecule has 1 unspecified atom stereocenters. The van der Waals surface area contributed by atoms with Gasteiger partial charge in [-0.3, -0.25) is 4.79 Å². The highest BCUT2D eigenvalue weighted by molar-refractivity contribution is 8.00. The minimum absolute atomic E-state index is 0.132. The van der Waals surface area contributed by atoms with Crippen molar-refractivity contribution in [2.24, 2.45) is 0 Å². The summed E-state index contributed by atoms with van der Waals surface area (Å²) >= 11 is 1.40. The number of hydrogen-bond donors (Lipinski definition) is 1. The lowest BCUT2D eigenvalue weighted by atomic mass is 10.1. The fraction of sp³-hybridized carbons (Fsp3) is 0.125. The Balaban J connectivity index is 1.93. The molecule has 7 heteroatoms. The molecule has 0 fully saturated rings. The summed E-state index contributed by atoms with van der Waals surface area (Å²) in [7, 11) is 2.49. The fourth-order valence-electron chi connectivity index (χ4n) is 2.91. The molecule has 0 aliphatic rings. The zero-order chi connectivity index (χ0) is 22.2. The number of ether oxygens (including phenoxy) is 2. The molecule has 3 aromatic rings. The quantitative estimate of drug-likeness (QED) is 0.427. The fourth-order valence-corrected chi connectivity index (χ4v) is 3.96. The molecule has 0 aliphatic heterocycles. The van der Waals surface area contributed by atoms with E-state index in [2.05, 4.69) is 5.32 Å². The summed E-state index contributed by atoms with van der Waals surface area (Å²) in [6.45, 7) is 0. The van der Waals surface area contributed by atoms with Crippen molar-refractivity contribution in [3.63, 3.8) is 0 Å². The molecule has 1 amide bonds. The zero-order valence-electron chi connectivity index (χ0n) is 17.0. The predicted octanol–water partition coefficient (Wildman–Crippen LogP) is 4.73. The summed E-state index contributed by atoms with van der Waals surface area (Å²) in [4.78, 5) is 38.2. The standard InChI is InChI=1S/C24H21NO5S/c1-29-23(27)17-13-18(24(28)30-2)15-19(14-17)25-22(26)21(16-9-5-3-6-10-16)31-20-11-7-4-8-12-20/h3-15,21H,1-2H3,(H,25,26). The molecule has 0 saturated heterocycles. The molecule has 1 atom stereocenters. The number of carbonyl (C=O) groups excluding carboxylic acids is 3. The van der Waals surface area contributed by atoms with Crippen LogP contribution in [-0.2, 0) is 14.3 Å².